The maximum atomic E-state index is 11.6. The van der Waals surface area contributed by atoms with Gasteiger partial charge >= 0.3 is 23.9 Å². The van der Waals surface area contributed by atoms with Crippen LogP contribution in [0.2, 0.25) is 0 Å². The van der Waals surface area contributed by atoms with Crippen molar-refractivity contribution >= 4 is 23.9 Å². The first-order valence-corrected chi connectivity index (χ1v) is 10.5. The van der Waals surface area contributed by atoms with Gasteiger partial charge in [-0.05, 0) is 27.7 Å². The van der Waals surface area contributed by atoms with E-state index in [1.54, 1.807) is 19.6 Å². The molecule has 0 radical (unpaired) electrons. The molecule has 0 unspecified atom stereocenters. The summed E-state index contributed by atoms with van der Waals surface area (Å²) < 4.78 is 0. The Labute approximate surface area is 188 Å². The van der Waals surface area contributed by atoms with Crippen molar-refractivity contribution in [2.45, 2.75) is 38.8 Å². The van der Waals surface area contributed by atoms with E-state index in [-0.39, 0.29) is 65.4 Å². The molecule has 1 rings (SSSR count). The first-order chi connectivity index (χ1) is 14.7. The standard InChI is InChI=1S/C20H36N4O8/c1-19(2)20(3,4)24(14-18(31)32)10-8-22(12-16(27)28)6-5-21(11-15(25)26)7-9-23(19)13-17(29)30/h5-14H2,1-4H3,(H,25,26)(H,27,28)(H,29,30)(H,31,32). The summed E-state index contributed by atoms with van der Waals surface area (Å²) in [6.45, 7) is 7.86. The molecule has 0 aromatic carbocycles. The van der Waals surface area contributed by atoms with Crippen molar-refractivity contribution < 1.29 is 39.6 Å². The van der Waals surface area contributed by atoms with Gasteiger partial charge in [0.05, 0.1) is 26.2 Å². The van der Waals surface area contributed by atoms with Crippen LogP contribution in [0.25, 0.3) is 0 Å². The third-order valence-corrected chi connectivity index (χ3v) is 6.55. The van der Waals surface area contributed by atoms with E-state index in [1.807, 2.05) is 27.7 Å². The molecule has 184 valence electrons. The SMILES string of the molecule is CC1(C)N(CC(=O)O)CCN(CC(=O)O)CCN(CC(=O)O)CCN(CC(=O)O)C1(C)C. The fraction of sp³-hybridized carbons (Fsp3) is 0.800. The molecule has 1 heterocycles. The number of nitrogens with zero attached hydrogens (tertiary/aromatic N) is 4. The summed E-state index contributed by atoms with van der Waals surface area (Å²) in [6.07, 6.45) is 0. The minimum atomic E-state index is -1.04. The van der Waals surface area contributed by atoms with Crippen LogP contribution in [0.15, 0.2) is 0 Å². The Bertz CT molecular complexity index is 639. The predicted molar refractivity (Wildman–Crippen MR) is 115 cm³/mol. The molecule has 12 heteroatoms. The second kappa shape index (κ2) is 11.5. The summed E-state index contributed by atoms with van der Waals surface area (Å²) in [7, 11) is 0. The molecular weight excluding hydrogens is 424 g/mol. The van der Waals surface area contributed by atoms with Crippen LogP contribution in [0, 0.1) is 0 Å². The molecule has 1 aliphatic heterocycles. The van der Waals surface area contributed by atoms with E-state index in [0.717, 1.165) is 0 Å². The molecule has 12 nitrogen and oxygen atoms in total. The second-order valence-corrected chi connectivity index (χ2v) is 9.09. The lowest BCUT2D eigenvalue weighted by Gasteiger charge is -2.54. The van der Waals surface area contributed by atoms with Gasteiger partial charge in [0, 0.05) is 50.3 Å². The Balaban J connectivity index is 3.37. The van der Waals surface area contributed by atoms with Crippen LogP contribution < -0.4 is 0 Å². The molecule has 0 aliphatic carbocycles. The van der Waals surface area contributed by atoms with Gasteiger partial charge in [-0.1, -0.05) is 0 Å². The van der Waals surface area contributed by atoms with E-state index in [4.69, 9.17) is 0 Å². The van der Waals surface area contributed by atoms with Crippen LogP contribution >= 0.6 is 0 Å². The minimum absolute atomic E-state index is 0.246. The summed E-state index contributed by atoms with van der Waals surface area (Å²) in [4.78, 5) is 52.6. The number of rotatable bonds is 8. The zero-order valence-electron chi connectivity index (χ0n) is 19.3. The minimum Gasteiger partial charge on any atom is -0.480 e. The summed E-state index contributed by atoms with van der Waals surface area (Å²) in [5.74, 6) is -4.14. The highest BCUT2D eigenvalue weighted by molar-refractivity contribution is 5.70. The fourth-order valence-electron chi connectivity index (χ4n) is 3.94. The van der Waals surface area contributed by atoms with Crippen LogP contribution in [0.3, 0.4) is 0 Å². The molecule has 32 heavy (non-hydrogen) atoms. The van der Waals surface area contributed by atoms with Gasteiger partial charge < -0.3 is 20.4 Å². The molecule has 4 N–H and O–H groups in total. The molecule has 0 bridgehead atoms. The van der Waals surface area contributed by atoms with Crippen LogP contribution in [-0.4, -0.2) is 140 Å². The summed E-state index contributed by atoms with van der Waals surface area (Å²) in [6, 6.07) is 0. The molecule has 0 saturated carbocycles. The number of carboxylic acids is 4. The van der Waals surface area contributed by atoms with E-state index >= 15 is 0 Å². The van der Waals surface area contributed by atoms with Crippen LogP contribution in [0.5, 0.6) is 0 Å². The van der Waals surface area contributed by atoms with Crippen molar-refractivity contribution in [2.75, 3.05) is 65.4 Å². The highest BCUT2D eigenvalue weighted by Crippen LogP contribution is 2.33. The first-order valence-electron chi connectivity index (χ1n) is 10.5. The first kappa shape index (κ1) is 27.8. The van der Waals surface area contributed by atoms with Gasteiger partial charge in [0.2, 0.25) is 0 Å². The smallest absolute Gasteiger partial charge is 0.317 e. The van der Waals surface area contributed by atoms with Crippen LogP contribution in [0.4, 0.5) is 0 Å². The van der Waals surface area contributed by atoms with Crippen molar-refractivity contribution in [1.29, 1.82) is 0 Å². The number of carboxylic acid groups (broad SMARTS) is 4. The Hall–Kier alpha value is -2.28. The second-order valence-electron chi connectivity index (χ2n) is 9.09. The predicted octanol–water partition coefficient (Wildman–Crippen LogP) is -0.896. The Morgan fingerprint density at radius 1 is 0.531 bits per heavy atom. The van der Waals surface area contributed by atoms with E-state index in [9.17, 15) is 39.6 Å². The summed E-state index contributed by atoms with van der Waals surface area (Å²) >= 11 is 0. The molecular formula is C20H36N4O8. The number of carbonyl (C=O) groups is 4. The van der Waals surface area contributed by atoms with Gasteiger partial charge in [0.25, 0.3) is 0 Å². The topological polar surface area (TPSA) is 162 Å². The Kier molecular flexibility index (Phi) is 10.0. The van der Waals surface area contributed by atoms with Gasteiger partial charge in [0.15, 0.2) is 0 Å². The van der Waals surface area contributed by atoms with E-state index < -0.39 is 35.0 Å². The van der Waals surface area contributed by atoms with Gasteiger partial charge in [-0.25, -0.2) is 0 Å². The summed E-state index contributed by atoms with van der Waals surface area (Å²) in [5, 5.41) is 37.5. The number of hydrogen-bond acceptors (Lipinski definition) is 8. The molecule has 0 aromatic rings. The summed E-state index contributed by atoms with van der Waals surface area (Å²) in [5.41, 5.74) is -1.63. The zero-order chi connectivity index (χ0) is 24.7. The van der Waals surface area contributed by atoms with Gasteiger partial charge in [-0.3, -0.25) is 38.8 Å². The number of aliphatic carboxylic acids is 4. The van der Waals surface area contributed by atoms with Gasteiger partial charge in [-0.15, -0.1) is 0 Å². The lowest BCUT2D eigenvalue weighted by molar-refractivity contribution is -0.147. The molecule has 1 saturated heterocycles. The average Bonchev–Trinajstić information content (AvgIpc) is 2.62. The monoisotopic (exact) mass is 460 g/mol. The van der Waals surface area contributed by atoms with E-state index in [0.29, 0.717) is 0 Å². The average molecular weight is 461 g/mol. The van der Waals surface area contributed by atoms with Crippen molar-refractivity contribution in [1.82, 2.24) is 19.6 Å². The third-order valence-electron chi connectivity index (χ3n) is 6.55. The molecule has 0 spiro atoms. The van der Waals surface area contributed by atoms with Crippen molar-refractivity contribution in [3.63, 3.8) is 0 Å². The highest BCUT2D eigenvalue weighted by Gasteiger charge is 2.46. The molecule has 1 fully saturated rings. The van der Waals surface area contributed by atoms with Crippen molar-refractivity contribution in [3.8, 4) is 0 Å². The lowest BCUT2D eigenvalue weighted by Crippen LogP contribution is -2.68. The highest BCUT2D eigenvalue weighted by atomic mass is 16.4. The maximum absolute atomic E-state index is 11.6. The maximum Gasteiger partial charge on any atom is 0.317 e. The van der Waals surface area contributed by atoms with Gasteiger partial charge in [0.1, 0.15) is 0 Å². The van der Waals surface area contributed by atoms with Crippen LogP contribution in [0.1, 0.15) is 27.7 Å². The molecule has 0 amide bonds. The van der Waals surface area contributed by atoms with Crippen molar-refractivity contribution in [2.24, 2.45) is 0 Å². The van der Waals surface area contributed by atoms with E-state index in [1.165, 1.54) is 0 Å². The van der Waals surface area contributed by atoms with Crippen LogP contribution in [-0.2, 0) is 19.2 Å². The Morgan fingerprint density at radius 3 is 1.03 bits per heavy atom. The molecule has 0 atom stereocenters. The molecule has 1 aliphatic rings. The Morgan fingerprint density at radius 2 is 0.781 bits per heavy atom. The number of hydrogen-bond donors (Lipinski definition) is 4. The van der Waals surface area contributed by atoms with Gasteiger partial charge in [-0.2, -0.15) is 0 Å². The quantitative estimate of drug-likeness (QED) is 0.354. The lowest BCUT2D eigenvalue weighted by atomic mass is 9.79. The fourth-order valence-corrected chi connectivity index (χ4v) is 3.94. The molecule has 0 aromatic heterocycles. The normalized spacial score (nSPS) is 21.9. The largest absolute Gasteiger partial charge is 0.480 e. The zero-order valence-corrected chi connectivity index (χ0v) is 19.3. The third kappa shape index (κ3) is 8.01. The van der Waals surface area contributed by atoms with E-state index in [2.05, 4.69) is 0 Å². The van der Waals surface area contributed by atoms with Crippen molar-refractivity contribution in [3.05, 3.63) is 0 Å².